The fraction of sp³-hybridized carbons (Fsp3) is 0.370. The first-order chi connectivity index (χ1) is 18.9. The van der Waals surface area contributed by atoms with E-state index in [2.05, 4.69) is 42.0 Å². The Labute approximate surface area is 224 Å². The van der Waals surface area contributed by atoms with Crippen LogP contribution in [0, 0.1) is 23.7 Å². The van der Waals surface area contributed by atoms with Gasteiger partial charge in [0.25, 0.3) is 5.56 Å². The van der Waals surface area contributed by atoms with Crippen LogP contribution in [0.4, 0.5) is 11.8 Å². The first-order valence-electron chi connectivity index (χ1n) is 12.8. The highest BCUT2D eigenvalue weighted by Gasteiger charge is 2.45. The van der Waals surface area contributed by atoms with Crippen LogP contribution in [0.25, 0.3) is 22.4 Å². The monoisotopic (exact) mass is 527 g/mol. The van der Waals surface area contributed by atoms with E-state index in [0.29, 0.717) is 11.5 Å². The Balaban J connectivity index is 0.00000323. The molecule has 2 aliphatic rings. The predicted octanol–water partition coefficient (Wildman–Crippen LogP) is 1.67. The van der Waals surface area contributed by atoms with E-state index in [1.165, 1.54) is 28.9 Å². The summed E-state index contributed by atoms with van der Waals surface area (Å²) in [5, 5.41) is 2.82. The van der Waals surface area contributed by atoms with Gasteiger partial charge < -0.3 is 14.8 Å². The number of anilines is 2. The van der Waals surface area contributed by atoms with Gasteiger partial charge in [0.1, 0.15) is 11.9 Å². The second kappa shape index (κ2) is 9.50. The Morgan fingerprint density at radius 3 is 2.64 bits per heavy atom. The minimum atomic E-state index is -0.814. The van der Waals surface area contributed by atoms with Crippen LogP contribution in [0.2, 0.25) is 0 Å². The van der Waals surface area contributed by atoms with E-state index in [-0.39, 0.29) is 19.1 Å². The average molecular weight is 528 g/mol. The van der Waals surface area contributed by atoms with Crippen molar-refractivity contribution in [3.05, 3.63) is 57.8 Å². The third-order valence-electron chi connectivity index (χ3n) is 7.46. The fourth-order valence-electron chi connectivity index (χ4n) is 5.08. The van der Waals surface area contributed by atoms with Crippen LogP contribution in [0.3, 0.4) is 0 Å². The predicted molar refractivity (Wildman–Crippen MR) is 147 cm³/mol. The summed E-state index contributed by atoms with van der Waals surface area (Å²) < 4.78 is 3.77. The number of carbonyl (C=O) groups excluding carboxylic acids is 1. The number of piperidine rings is 1. The molecule has 12 heteroatoms. The van der Waals surface area contributed by atoms with Gasteiger partial charge in [-0.25, -0.2) is 29.3 Å². The molecule has 1 saturated heterocycles. The van der Waals surface area contributed by atoms with Crippen LogP contribution in [0.15, 0.2) is 46.5 Å². The Morgan fingerprint density at radius 2 is 1.92 bits per heavy atom. The molecule has 0 radical (unpaired) electrons. The van der Waals surface area contributed by atoms with Crippen LogP contribution < -0.4 is 21.5 Å². The van der Waals surface area contributed by atoms with Gasteiger partial charge in [-0.1, -0.05) is 12.0 Å². The summed E-state index contributed by atoms with van der Waals surface area (Å²) in [4.78, 5) is 59.1. The van der Waals surface area contributed by atoms with Crippen LogP contribution in [-0.2, 0) is 18.4 Å². The number of hydrogen-bond donors (Lipinski definition) is 1. The number of carbonyl (C=O) groups is 1. The van der Waals surface area contributed by atoms with Crippen molar-refractivity contribution in [3.8, 4) is 23.1 Å². The molecule has 2 fully saturated rings. The standard InChI is InChI=1S/C27H27N9O3.H2/c1-4-5-9-35-25(38)22-23(33(3)27(35)39)30-15-36(22)16(2)24(37)32-21-8-6-7-20(31-21)19-11-28-26(29-12-19)34-13-17-10-18(17)14-34;/h6-8,11-12,15-18H,9-10,13-14H2,1-3H3,(H,31,32,37);1H/t16-,17?,18?;/m0./s1. The second-order valence-electron chi connectivity index (χ2n) is 9.99. The lowest BCUT2D eigenvalue weighted by Gasteiger charge is -2.17. The van der Waals surface area contributed by atoms with E-state index in [4.69, 9.17) is 0 Å². The second-order valence-corrected chi connectivity index (χ2v) is 9.99. The number of nitrogens with zero attached hydrogens (tertiary/aromatic N) is 8. The van der Waals surface area contributed by atoms with Gasteiger partial charge in [-0.05, 0) is 44.2 Å². The van der Waals surface area contributed by atoms with E-state index in [0.717, 1.165) is 41.0 Å². The molecule has 0 bridgehead atoms. The molecule has 3 atom stereocenters. The number of hydrogen-bond acceptors (Lipinski definition) is 8. The van der Waals surface area contributed by atoms with Crippen LogP contribution in [0.5, 0.6) is 0 Å². The number of aromatic nitrogens is 7. The zero-order chi connectivity index (χ0) is 27.3. The van der Waals surface area contributed by atoms with Crippen molar-refractivity contribution in [2.75, 3.05) is 23.3 Å². The van der Waals surface area contributed by atoms with Crippen molar-refractivity contribution in [2.45, 2.75) is 32.9 Å². The molecule has 0 aromatic carbocycles. The number of aryl methyl sites for hydroxylation is 1. The highest BCUT2D eigenvalue weighted by molar-refractivity contribution is 5.93. The molecule has 12 nitrogen and oxygen atoms in total. The first-order valence-corrected chi connectivity index (χ1v) is 12.8. The minimum absolute atomic E-state index is 0. The van der Waals surface area contributed by atoms with E-state index in [1.54, 1.807) is 38.4 Å². The van der Waals surface area contributed by atoms with Gasteiger partial charge in [-0.2, -0.15) is 0 Å². The minimum Gasteiger partial charge on any atom is -0.340 e. The van der Waals surface area contributed by atoms with Crippen molar-refractivity contribution in [3.63, 3.8) is 0 Å². The average Bonchev–Trinajstić information content (AvgIpc) is 3.33. The summed E-state index contributed by atoms with van der Waals surface area (Å²) in [6, 6.07) is 4.49. The molecule has 0 spiro atoms. The molecular formula is C27H29N9O3. The quantitative estimate of drug-likeness (QED) is 0.375. The number of rotatable bonds is 6. The molecule has 4 aromatic rings. The third kappa shape index (κ3) is 4.35. The van der Waals surface area contributed by atoms with Gasteiger partial charge in [-0.3, -0.25) is 14.2 Å². The van der Waals surface area contributed by atoms with Gasteiger partial charge in [0, 0.05) is 39.5 Å². The number of amides is 1. The van der Waals surface area contributed by atoms with Gasteiger partial charge >= 0.3 is 5.69 Å². The molecule has 200 valence electrons. The van der Waals surface area contributed by atoms with E-state index < -0.39 is 23.2 Å². The summed E-state index contributed by atoms with van der Waals surface area (Å²) in [6.45, 7) is 5.27. The summed E-state index contributed by atoms with van der Waals surface area (Å²) in [5.74, 6) is 7.70. The number of nitrogens with one attached hydrogen (secondary N) is 1. The highest BCUT2D eigenvalue weighted by Crippen LogP contribution is 2.45. The maximum absolute atomic E-state index is 13.2. The van der Waals surface area contributed by atoms with Crippen molar-refractivity contribution >= 4 is 28.8 Å². The molecule has 4 aromatic heterocycles. The number of imidazole rings is 1. The SMILES string of the molecule is CC#CCn1c(=O)c2c(ncn2[C@@H](C)C(=O)Nc2cccc(-c3cnc(N4CC5CC5C4)nc3)n2)n(C)c1=O.[HH]. The van der Waals surface area contributed by atoms with Gasteiger partial charge in [-0.15, -0.1) is 5.92 Å². The lowest BCUT2D eigenvalue weighted by Crippen LogP contribution is -2.40. The lowest BCUT2D eigenvalue weighted by atomic mass is 10.2. The van der Waals surface area contributed by atoms with Gasteiger partial charge in [0.2, 0.25) is 11.9 Å². The van der Waals surface area contributed by atoms with E-state index in [9.17, 15) is 14.4 Å². The molecule has 5 heterocycles. The van der Waals surface area contributed by atoms with E-state index in [1.807, 2.05) is 6.07 Å². The summed E-state index contributed by atoms with van der Waals surface area (Å²) in [7, 11) is 1.53. The van der Waals surface area contributed by atoms with Crippen LogP contribution >= 0.6 is 0 Å². The number of pyridine rings is 1. The lowest BCUT2D eigenvalue weighted by molar-refractivity contribution is -0.118. The third-order valence-corrected chi connectivity index (χ3v) is 7.46. The summed E-state index contributed by atoms with van der Waals surface area (Å²) >= 11 is 0. The molecule has 1 amide bonds. The van der Waals surface area contributed by atoms with Gasteiger partial charge in [0.15, 0.2) is 11.2 Å². The maximum atomic E-state index is 13.2. The van der Waals surface area contributed by atoms with Crippen molar-refractivity contribution in [2.24, 2.45) is 18.9 Å². The summed E-state index contributed by atoms with van der Waals surface area (Å²) in [6.07, 6.45) is 6.20. The molecule has 1 N–H and O–H groups in total. The first kappa shape index (κ1) is 24.5. The maximum Gasteiger partial charge on any atom is 0.333 e. The van der Waals surface area contributed by atoms with Crippen molar-refractivity contribution < 1.29 is 6.22 Å². The number of fused-ring (bicyclic) bond motifs is 2. The van der Waals surface area contributed by atoms with Crippen molar-refractivity contribution in [1.29, 1.82) is 0 Å². The molecule has 1 aliphatic heterocycles. The van der Waals surface area contributed by atoms with Crippen molar-refractivity contribution in [1.82, 2.24) is 33.6 Å². The molecule has 1 saturated carbocycles. The largest absolute Gasteiger partial charge is 0.340 e. The molecule has 6 rings (SSSR count). The van der Waals surface area contributed by atoms with Gasteiger partial charge in [0.05, 0.1) is 18.6 Å². The molecule has 39 heavy (non-hydrogen) atoms. The molecule has 2 unspecified atom stereocenters. The molecule has 1 aliphatic carbocycles. The van der Waals surface area contributed by atoms with Crippen LogP contribution in [0.1, 0.15) is 27.7 Å². The van der Waals surface area contributed by atoms with E-state index >= 15 is 0 Å². The Morgan fingerprint density at radius 1 is 1.18 bits per heavy atom. The topological polar surface area (TPSA) is 133 Å². The fourth-order valence-corrected chi connectivity index (χ4v) is 5.08. The Hall–Kier alpha value is -4.79. The zero-order valence-corrected chi connectivity index (χ0v) is 21.8. The summed E-state index contributed by atoms with van der Waals surface area (Å²) in [5.41, 5.74) is 0.630. The molecular weight excluding hydrogens is 498 g/mol. The van der Waals surface area contributed by atoms with Crippen LogP contribution in [-0.4, -0.2) is 52.6 Å². The Kier molecular flexibility index (Phi) is 5.98. The smallest absolute Gasteiger partial charge is 0.333 e. The highest BCUT2D eigenvalue weighted by atomic mass is 16.2. The zero-order valence-electron chi connectivity index (χ0n) is 21.8. The Bertz CT molecular complexity index is 1770. The normalized spacial score (nSPS) is 18.4.